The van der Waals surface area contributed by atoms with E-state index in [1.54, 1.807) is 13.0 Å². The van der Waals surface area contributed by atoms with Crippen LogP contribution in [0.2, 0.25) is 0 Å². The molecule has 0 unspecified atom stereocenters. The zero-order valence-electron chi connectivity index (χ0n) is 5.92. The summed E-state index contributed by atoms with van der Waals surface area (Å²) >= 11 is 0. The van der Waals surface area contributed by atoms with E-state index in [0.29, 0.717) is 5.57 Å². The fourth-order valence-corrected chi connectivity index (χ4v) is 0.749. The molecule has 0 aromatic carbocycles. The fraction of sp³-hybridized carbons (Fsp3) is 0.125. The lowest BCUT2D eigenvalue weighted by molar-refractivity contribution is -0.114. The van der Waals surface area contributed by atoms with Gasteiger partial charge in [0.1, 0.15) is 11.6 Å². The second kappa shape index (κ2) is 2.51. The third-order valence-corrected chi connectivity index (χ3v) is 1.40. The minimum absolute atomic E-state index is 0.0828. The normalized spacial score (nSPS) is 17.1. The first-order chi connectivity index (χ1) is 5.15. The van der Waals surface area contributed by atoms with E-state index in [4.69, 9.17) is 5.26 Å². The van der Waals surface area contributed by atoms with Gasteiger partial charge in [-0.25, -0.2) is 0 Å². The van der Waals surface area contributed by atoms with Crippen molar-refractivity contribution in [2.75, 3.05) is 0 Å². The van der Waals surface area contributed by atoms with Crippen molar-refractivity contribution in [2.24, 2.45) is 0 Å². The van der Waals surface area contributed by atoms with Gasteiger partial charge < -0.3 is 0 Å². The lowest BCUT2D eigenvalue weighted by Gasteiger charge is -2.01. The van der Waals surface area contributed by atoms with Crippen molar-refractivity contribution in [3.63, 3.8) is 0 Å². The molecule has 11 heavy (non-hydrogen) atoms. The van der Waals surface area contributed by atoms with E-state index < -0.39 is 0 Å². The minimum Gasteiger partial charge on any atom is -0.290 e. The molecule has 0 radical (unpaired) electrons. The summed E-state index contributed by atoms with van der Waals surface area (Å²) in [6, 6.07) is 1.65. The van der Waals surface area contributed by atoms with Gasteiger partial charge in [0, 0.05) is 11.6 Å². The van der Waals surface area contributed by atoms with E-state index in [1.807, 2.05) is 0 Å². The average molecular weight is 147 g/mol. The van der Waals surface area contributed by atoms with Gasteiger partial charge >= 0.3 is 0 Å². The SMILES string of the molecule is CC1=CC(=O)C(C#N)=CC1=O. The molecule has 0 aromatic rings. The third kappa shape index (κ3) is 1.24. The molecule has 0 saturated carbocycles. The van der Waals surface area contributed by atoms with Crippen LogP contribution in [0.1, 0.15) is 6.92 Å². The number of hydrogen-bond donors (Lipinski definition) is 0. The molecule has 3 nitrogen and oxygen atoms in total. The van der Waals surface area contributed by atoms with Crippen LogP contribution in [0.4, 0.5) is 0 Å². The second-order valence-corrected chi connectivity index (χ2v) is 2.23. The molecule has 0 spiro atoms. The molecule has 0 N–H and O–H groups in total. The van der Waals surface area contributed by atoms with E-state index in [-0.39, 0.29) is 17.1 Å². The van der Waals surface area contributed by atoms with E-state index >= 15 is 0 Å². The quantitative estimate of drug-likeness (QED) is 0.470. The smallest absolute Gasteiger partial charge is 0.196 e. The summed E-state index contributed by atoms with van der Waals surface area (Å²) in [4.78, 5) is 21.7. The van der Waals surface area contributed by atoms with Crippen LogP contribution in [0.25, 0.3) is 0 Å². The zero-order valence-corrected chi connectivity index (χ0v) is 5.92. The van der Waals surface area contributed by atoms with Gasteiger partial charge in [0.15, 0.2) is 11.6 Å². The molecular formula is C8H5NO2. The van der Waals surface area contributed by atoms with Gasteiger partial charge in [-0.1, -0.05) is 0 Å². The molecule has 1 rings (SSSR count). The van der Waals surface area contributed by atoms with Crippen LogP contribution < -0.4 is 0 Å². The fourth-order valence-electron chi connectivity index (χ4n) is 0.749. The molecule has 1 aliphatic carbocycles. The van der Waals surface area contributed by atoms with Gasteiger partial charge in [0.2, 0.25) is 0 Å². The number of carbonyl (C=O) groups is 2. The van der Waals surface area contributed by atoms with Crippen molar-refractivity contribution >= 4 is 11.6 Å². The number of ketones is 2. The number of rotatable bonds is 0. The van der Waals surface area contributed by atoms with Gasteiger partial charge in [-0.05, 0) is 13.0 Å². The molecule has 0 heterocycles. The maximum atomic E-state index is 10.9. The number of allylic oxidation sites excluding steroid dienone is 4. The largest absolute Gasteiger partial charge is 0.290 e. The molecule has 0 fully saturated rings. The highest BCUT2D eigenvalue weighted by atomic mass is 16.1. The van der Waals surface area contributed by atoms with Crippen molar-refractivity contribution in [1.82, 2.24) is 0 Å². The van der Waals surface area contributed by atoms with E-state index in [0.717, 1.165) is 6.08 Å². The Bertz CT molecular complexity index is 328. The number of hydrogen-bond acceptors (Lipinski definition) is 3. The van der Waals surface area contributed by atoms with E-state index in [9.17, 15) is 9.59 Å². The van der Waals surface area contributed by atoms with Crippen molar-refractivity contribution in [3.8, 4) is 6.07 Å². The van der Waals surface area contributed by atoms with Crippen molar-refractivity contribution < 1.29 is 9.59 Å². The van der Waals surface area contributed by atoms with Crippen molar-refractivity contribution in [3.05, 3.63) is 23.3 Å². The average Bonchev–Trinajstić information content (AvgIpc) is 1.97. The molecule has 3 heteroatoms. The molecule has 0 atom stereocenters. The Morgan fingerprint density at radius 1 is 1.27 bits per heavy atom. The molecule has 0 aromatic heterocycles. The molecular weight excluding hydrogens is 142 g/mol. The number of carbonyl (C=O) groups excluding carboxylic acids is 2. The Morgan fingerprint density at radius 2 is 1.91 bits per heavy atom. The Kier molecular flexibility index (Phi) is 1.69. The van der Waals surface area contributed by atoms with Gasteiger partial charge in [-0.3, -0.25) is 9.59 Å². The first-order valence-electron chi connectivity index (χ1n) is 3.04. The monoisotopic (exact) mass is 147 g/mol. The van der Waals surface area contributed by atoms with Crippen LogP contribution in [-0.4, -0.2) is 11.6 Å². The molecule has 0 saturated heterocycles. The summed E-state index contributed by atoms with van der Waals surface area (Å²) in [6.45, 7) is 1.55. The number of nitriles is 1. The first-order valence-corrected chi connectivity index (χ1v) is 3.04. The summed E-state index contributed by atoms with van der Waals surface area (Å²) in [5, 5.41) is 8.34. The van der Waals surface area contributed by atoms with Gasteiger partial charge in [0.25, 0.3) is 0 Å². The maximum Gasteiger partial charge on any atom is 0.196 e. The Morgan fingerprint density at radius 3 is 2.45 bits per heavy atom. The van der Waals surface area contributed by atoms with Crippen LogP contribution in [-0.2, 0) is 9.59 Å². The minimum atomic E-state index is -0.385. The van der Waals surface area contributed by atoms with Crippen LogP contribution in [0.3, 0.4) is 0 Å². The lowest BCUT2D eigenvalue weighted by Crippen LogP contribution is -2.09. The first kappa shape index (κ1) is 7.42. The molecule has 0 aliphatic heterocycles. The van der Waals surface area contributed by atoms with Crippen LogP contribution >= 0.6 is 0 Å². The van der Waals surface area contributed by atoms with Crippen molar-refractivity contribution in [2.45, 2.75) is 6.92 Å². The Hall–Kier alpha value is -1.69. The summed E-state index contributed by atoms with van der Waals surface area (Å²) in [6.07, 6.45) is 2.25. The predicted octanol–water partition coefficient (Wildman–Crippen LogP) is 0.534. The van der Waals surface area contributed by atoms with Crippen molar-refractivity contribution in [1.29, 1.82) is 5.26 Å². The predicted molar refractivity (Wildman–Crippen MR) is 37.5 cm³/mol. The third-order valence-electron chi connectivity index (χ3n) is 1.40. The Labute approximate surface area is 63.6 Å². The topological polar surface area (TPSA) is 57.9 Å². The van der Waals surface area contributed by atoms with E-state index in [1.165, 1.54) is 6.08 Å². The highest BCUT2D eigenvalue weighted by Crippen LogP contribution is 2.09. The molecule has 54 valence electrons. The highest BCUT2D eigenvalue weighted by molar-refractivity contribution is 6.21. The van der Waals surface area contributed by atoms with Crippen LogP contribution in [0.15, 0.2) is 23.3 Å². The van der Waals surface area contributed by atoms with Crippen LogP contribution in [0, 0.1) is 11.3 Å². The second-order valence-electron chi connectivity index (χ2n) is 2.23. The lowest BCUT2D eigenvalue weighted by atomic mass is 9.99. The molecule has 0 amide bonds. The number of nitrogens with zero attached hydrogens (tertiary/aromatic N) is 1. The standard InChI is InChI=1S/C8H5NO2/c1-5-2-8(11)6(4-9)3-7(5)10/h2-3H,1H3. The summed E-state index contributed by atoms with van der Waals surface area (Å²) in [7, 11) is 0. The summed E-state index contributed by atoms with van der Waals surface area (Å²) in [5.74, 6) is -0.647. The van der Waals surface area contributed by atoms with Gasteiger partial charge in [-0.15, -0.1) is 0 Å². The maximum absolute atomic E-state index is 10.9. The highest BCUT2D eigenvalue weighted by Gasteiger charge is 2.16. The Balaban J connectivity index is 3.10. The summed E-state index contributed by atoms with van der Waals surface area (Å²) < 4.78 is 0. The van der Waals surface area contributed by atoms with Gasteiger partial charge in [-0.2, -0.15) is 5.26 Å². The summed E-state index contributed by atoms with van der Waals surface area (Å²) in [5.41, 5.74) is 0.301. The van der Waals surface area contributed by atoms with E-state index in [2.05, 4.69) is 0 Å². The molecule has 0 bridgehead atoms. The van der Waals surface area contributed by atoms with Crippen LogP contribution in [0.5, 0.6) is 0 Å². The zero-order chi connectivity index (χ0) is 8.43. The van der Waals surface area contributed by atoms with Gasteiger partial charge in [0.05, 0.1) is 0 Å². The molecule has 1 aliphatic rings.